The van der Waals surface area contributed by atoms with E-state index in [1.54, 1.807) is 6.20 Å². The van der Waals surface area contributed by atoms with Crippen LogP contribution in [-0.4, -0.2) is 10.7 Å². The Bertz CT molecular complexity index is 551. The maximum absolute atomic E-state index is 6.07. The fourth-order valence-corrected chi connectivity index (χ4v) is 3.25. The van der Waals surface area contributed by atoms with Crippen LogP contribution < -0.4 is 5.73 Å². The summed E-state index contributed by atoms with van der Waals surface area (Å²) in [5.41, 5.74) is 7.84. The number of thioether (sulfide) groups is 1. The van der Waals surface area contributed by atoms with Crippen molar-refractivity contribution in [1.29, 1.82) is 0 Å². The van der Waals surface area contributed by atoms with Gasteiger partial charge in [-0.15, -0.1) is 11.8 Å². The Morgan fingerprint density at radius 3 is 2.94 bits per heavy atom. The molecule has 2 nitrogen and oxygen atoms in total. The molecule has 0 aliphatic rings. The number of hydrogen-bond donors (Lipinski definition) is 1. The molecular weight excluding hydrogens is 308 g/mol. The highest BCUT2D eigenvalue weighted by molar-refractivity contribution is 9.10. The van der Waals surface area contributed by atoms with Crippen LogP contribution in [0.1, 0.15) is 20.3 Å². The zero-order valence-electron chi connectivity index (χ0n) is 10.6. The van der Waals surface area contributed by atoms with Crippen molar-refractivity contribution in [1.82, 2.24) is 4.98 Å². The van der Waals surface area contributed by atoms with Crippen molar-refractivity contribution in [2.24, 2.45) is 5.92 Å². The molecule has 1 aromatic carbocycles. The molecule has 18 heavy (non-hydrogen) atoms. The molecule has 0 aliphatic heterocycles. The van der Waals surface area contributed by atoms with Crippen LogP contribution in [0.25, 0.3) is 10.9 Å². The van der Waals surface area contributed by atoms with Gasteiger partial charge in [-0.1, -0.05) is 36.2 Å². The summed E-state index contributed by atoms with van der Waals surface area (Å²) in [6.07, 6.45) is 2.95. The molecule has 0 saturated heterocycles. The normalized spacial score (nSPS) is 12.8. The number of benzene rings is 1. The zero-order chi connectivity index (χ0) is 13.1. The van der Waals surface area contributed by atoms with Crippen LogP contribution in [0.2, 0.25) is 0 Å². The molecule has 4 heteroatoms. The van der Waals surface area contributed by atoms with E-state index < -0.39 is 0 Å². The van der Waals surface area contributed by atoms with Gasteiger partial charge in [0.2, 0.25) is 0 Å². The third kappa shape index (κ3) is 2.98. The highest BCUT2D eigenvalue weighted by Gasteiger charge is 2.09. The van der Waals surface area contributed by atoms with Gasteiger partial charge in [0, 0.05) is 20.5 Å². The summed E-state index contributed by atoms with van der Waals surface area (Å²) in [4.78, 5) is 5.52. The van der Waals surface area contributed by atoms with Crippen molar-refractivity contribution in [3.63, 3.8) is 0 Å². The third-order valence-electron chi connectivity index (χ3n) is 3.02. The van der Waals surface area contributed by atoms with Crippen LogP contribution in [0.15, 0.2) is 33.8 Å². The Labute approximate surface area is 120 Å². The van der Waals surface area contributed by atoms with E-state index in [1.165, 1.54) is 6.42 Å². The van der Waals surface area contributed by atoms with Crippen LogP contribution >= 0.6 is 27.7 Å². The summed E-state index contributed by atoms with van der Waals surface area (Å²) >= 11 is 5.34. The van der Waals surface area contributed by atoms with Gasteiger partial charge in [0.05, 0.1) is 17.4 Å². The summed E-state index contributed by atoms with van der Waals surface area (Å²) in [7, 11) is 0. The lowest BCUT2D eigenvalue weighted by molar-refractivity contribution is 0.637. The van der Waals surface area contributed by atoms with Gasteiger partial charge >= 0.3 is 0 Å². The Balaban J connectivity index is 2.40. The first-order valence-corrected chi connectivity index (χ1v) is 7.86. The molecule has 0 amide bonds. The van der Waals surface area contributed by atoms with Gasteiger partial charge < -0.3 is 5.73 Å². The van der Waals surface area contributed by atoms with E-state index in [1.807, 2.05) is 23.9 Å². The minimum absolute atomic E-state index is 0.699. The molecule has 0 fully saturated rings. The zero-order valence-corrected chi connectivity index (χ0v) is 13.0. The summed E-state index contributed by atoms with van der Waals surface area (Å²) in [5, 5.41) is 1.14. The van der Waals surface area contributed by atoms with Crippen molar-refractivity contribution >= 4 is 44.3 Å². The van der Waals surface area contributed by atoms with Gasteiger partial charge in [-0.05, 0) is 24.1 Å². The van der Waals surface area contributed by atoms with Gasteiger partial charge in [0.1, 0.15) is 0 Å². The molecule has 2 N–H and O–H groups in total. The van der Waals surface area contributed by atoms with Gasteiger partial charge in [0.25, 0.3) is 0 Å². The molecule has 1 heterocycles. The highest BCUT2D eigenvalue weighted by atomic mass is 79.9. The van der Waals surface area contributed by atoms with Crippen LogP contribution in [0.5, 0.6) is 0 Å². The average molecular weight is 325 g/mol. The Morgan fingerprint density at radius 1 is 1.44 bits per heavy atom. The fraction of sp³-hybridized carbons (Fsp3) is 0.357. The third-order valence-corrected chi connectivity index (χ3v) is 4.99. The molecule has 1 atom stereocenters. The number of halogens is 1. The first-order valence-electron chi connectivity index (χ1n) is 6.08. The number of aromatic nitrogens is 1. The van der Waals surface area contributed by atoms with Crippen molar-refractivity contribution in [3.8, 4) is 0 Å². The Hall–Kier alpha value is -0.740. The molecule has 96 valence electrons. The number of pyridine rings is 1. The number of fused-ring (bicyclic) bond motifs is 1. The lowest BCUT2D eigenvalue weighted by atomic mass is 10.2. The number of nitrogens with zero attached hydrogens (tertiary/aromatic N) is 1. The second-order valence-corrected chi connectivity index (χ2v) is 6.47. The first-order chi connectivity index (χ1) is 8.61. The largest absolute Gasteiger partial charge is 0.397 e. The number of rotatable bonds is 4. The lowest BCUT2D eigenvalue weighted by Crippen LogP contribution is -1.98. The molecule has 1 aromatic heterocycles. The SMILES string of the molecule is CCC(C)CSc1c(N)cnc2ccc(Br)cc12. The second-order valence-electron chi connectivity index (χ2n) is 4.53. The molecular formula is C14H17BrN2S. The molecule has 0 bridgehead atoms. The maximum atomic E-state index is 6.07. The fourth-order valence-electron chi connectivity index (χ4n) is 1.66. The van der Waals surface area contributed by atoms with Gasteiger partial charge in [-0.3, -0.25) is 4.98 Å². The first kappa shape index (κ1) is 13.7. The molecule has 1 unspecified atom stereocenters. The predicted molar refractivity (Wildman–Crippen MR) is 84.0 cm³/mol. The van der Waals surface area contributed by atoms with Gasteiger partial charge in [0.15, 0.2) is 0 Å². The highest BCUT2D eigenvalue weighted by Crippen LogP contribution is 2.34. The van der Waals surface area contributed by atoms with E-state index in [9.17, 15) is 0 Å². The molecule has 0 saturated carbocycles. The monoisotopic (exact) mass is 324 g/mol. The molecule has 0 radical (unpaired) electrons. The topological polar surface area (TPSA) is 38.9 Å². The van der Waals surface area contributed by atoms with E-state index in [2.05, 4.69) is 40.8 Å². The van der Waals surface area contributed by atoms with E-state index >= 15 is 0 Å². The quantitative estimate of drug-likeness (QED) is 0.827. The predicted octanol–water partition coefficient (Wildman–Crippen LogP) is 4.72. The Kier molecular flexibility index (Phi) is 4.51. The molecule has 0 aliphatic carbocycles. The summed E-state index contributed by atoms with van der Waals surface area (Å²) in [6, 6.07) is 6.12. The number of nitrogens with two attached hydrogens (primary N) is 1. The minimum atomic E-state index is 0.699. The van der Waals surface area contributed by atoms with Crippen LogP contribution in [-0.2, 0) is 0 Å². The van der Waals surface area contributed by atoms with Crippen LogP contribution in [0.4, 0.5) is 5.69 Å². The van der Waals surface area contributed by atoms with Gasteiger partial charge in [-0.25, -0.2) is 0 Å². The number of anilines is 1. The number of hydrogen-bond acceptors (Lipinski definition) is 3. The van der Waals surface area contributed by atoms with E-state index in [-0.39, 0.29) is 0 Å². The van der Waals surface area contributed by atoms with E-state index in [0.29, 0.717) is 5.92 Å². The van der Waals surface area contributed by atoms with Crippen molar-refractivity contribution < 1.29 is 0 Å². The van der Waals surface area contributed by atoms with E-state index in [0.717, 1.165) is 31.7 Å². The molecule has 2 rings (SSSR count). The summed E-state index contributed by atoms with van der Waals surface area (Å²) in [6.45, 7) is 4.48. The minimum Gasteiger partial charge on any atom is -0.397 e. The maximum Gasteiger partial charge on any atom is 0.0715 e. The summed E-state index contributed by atoms with van der Waals surface area (Å²) in [5.74, 6) is 1.79. The van der Waals surface area contributed by atoms with Gasteiger partial charge in [-0.2, -0.15) is 0 Å². The van der Waals surface area contributed by atoms with Crippen LogP contribution in [0, 0.1) is 5.92 Å². The van der Waals surface area contributed by atoms with Crippen LogP contribution in [0.3, 0.4) is 0 Å². The summed E-state index contributed by atoms with van der Waals surface area (Å²) < 4.78 is 1.06. The van der Waals surface area contributed by atoms with Crippen molar-refractivity contribution in [3.05, 3.63) is 28.9 Å². The average Bonchev–Trinajstić information content (AvgIpc) is 2.37. The standard InChI is InChI=1S/C14H17BrN2S/c1-3-9(2)8-18-14-11-6-10(15)4-5-13(11)17-7-12(14)16/h4-7,9H,3,8,16H2,1-2H3. The molecule has 2 aromatic rings. The van der Waals surface area contributed by atoms with Crippen molar-refractivity contribution in [2.45, 2.75) is 25.2 Å². The number of nitrogen functional groups attached to an aromatic ring is 1. The van der Waals surface area contributed by atoms with Crippen molar-refractivity contribution in [2.75, 3.05) is 11.5 Å². The lowest BCUT2D eigenvalue weighted by Gasteiger charge is -2.12. The second kappa shape index (κ2) is 5.93. The van der Waals surface area contributed by atoms with E-state index in [4.69, 9.17) is 5.73 Å². The molecule has 0 spiro atoms. The smallest absolute Gasteiger partial charge is 0.0715 e. The Morgan fingerprint density at radius 2 is 2.22 bits per heavy atom.